The molecule has 1 aliphatic rings. The Morgan fingerprint density at radius 3 is 2.08 bits per heavy atom. The number of benzene rings is 2. The minimum absolute atomic E-state index is 0.0292. The average Bonchev–Trinajstić information content (AvgIpc) is 2.65. The monoisotopic (exact) mass is 364 g/mol. The zero-order chi connectivity index (χ0) is 18.8. The van der Waals surface area contributed by atoms with Crippen LogP contribution in [0.4, 0.5) is 13.2 Å². The van der Waals surface area contributed by atoms with Gasteiger partial charge in [-0.15, -0.1) is 0 Å². The first kappa shape index (κ1) is 17.8. The molecule has 1 aliphatic heterocycles. The van der Waals surface area contributed by atoms with E-state index in [2.05, 4.69) is 0 Å². The molecule has 3 rings (SSSR count). The van der Waals surface area contributed by atoms with Gasteiger partial charge in [-0.25, -0.2) is 13.2 Å². The van der Waals surface area contributed by atoms with Crippen LogP contribution in [0.3, 0.4) is 0 Å². The summed E-state index contributed by atoms with van der Waals surface area (Å²) in [6.07, 6.45) is 0. The summed E-state index contributed by atoms with van der Waals surface area (Å²) in [6, 6.07) is 7.51. The number of piperazine rings is 1. The van der Waals surface area contributed by atoms with Crippen molar-refractivity contribution in [1.82, 2.24) is 9.80 Å². The van der Waals surface area contributed by atoms with Gasteiger partial charge in [0, 0.05) is 31.7 Å². The Morgan fingerprint density at radius 1 is 0.846 bits per heavy atom. The Balaban J connectivity index is 1.68. The molecule has 1 heterocycles. The Kier molecular flexibility index (Phi) is 4.83. The van der Waals surface area contributed by atoms with Gasteiger partial charge in [-0.2, -0.15) is 0 Å². The fourth-order valence-electron chi connectivity index (χ4n) is 2.80. The molecule has 1 saturated heterocycles. The predicted octanol–water partition coefficient (Wildman–Crippen LogP) is 2.41. The lowest BCUT2D eigenvalue weighted by Crippen LogP contribution is -2.50. The van der Waals surface area contributed by atoms with Gasteiger partial charge in [0.15, 0.2) is 17.5 Å². The fraction of sp³-hybridized carbons (Fsp3) is 0.222. The number of nitrogens with zero attached hydrogens (tertiary/aromatic N) is 2. The highest BCUT2D eigenvalue weighted by molar-refractivity contribution is 5.96. The largest absolute Gasteiger partial charge is 0.508 e. The smallest absolute Gasteiger partial charge is 0.257 e. The second kappa shape index (κ2) is 7.07. The number of rotatable bonds is 2. The van der Waals surface area contributed by atoms with Crippen molar-refractivity contribution in [2.24, 2.45) is 0 Å². The second-order valence-electron chi connectivity index (χ2n) is 5.86. The van der Waals surface area contributed by atoms with Gasteiger partial charge in [0.25, 0.3) is 11.8 Å². The lowest BCUT2D eigenvalue weighted by atomic mass is 10.1. The number of aromatic hydroxyl groups is 1. The molecule has 0 aliphatic carbocycles. The van der Waals surface area contributed by atoms with Crippen molar-refractivity contribution in [3.63, 3.8) is 0 Å². The van der Waals surface area contributed by atoms with Crippen LogP contribution in [0.2, 0.25) is 0 Å². The van der Waals surface area contributed by atoms with Crippen molar-refractivity contribution in [2.45, 2.75) is 0 Å². The summed E-state index contributed by atoms with van der Waals surface area (Å²) >= 11 is 0. The van der Waals surface area contributed by atoms with Crippen LogP contribution < -0.4 is 0 Å². The van der Waals surface area contributed by atoms with Crippen molar-refractivity contribution in [3.05, 3.63) is 65.0 Å². The van der Waals surface area contributed by atoms with Gasteiger partial charge < -0.3 is 14.9 Å². The third-order valence-electron chi connectivity index (χ3n) is 4.21. The predicted molar refractivity (Wildman–Crippen MR) is 86.2 cm³/mol. The molecule has 0 radical (unpaired) electrons. The van der Waals surface area contributed by atoms with Crippen molar-refractivity contribution >= 4 is 11.8 Å². The summed E-state index contributed by atoms with van der Waals surface area (Å²) in [4.78, 5) is 27.5. The first-order valence-electron chi connectivity index (χ1n) is 7.89. The van der Waals surface area contributed by atoms with Crippen LogP contribution >= 0.6 is 0 Å². The normalized spacial score (nSPS) is 14.4. The number of phenolic OH excluding ortho intramolecular Hbond substituents is 1. The lowest BCUT2D eigenvalue weighted by Gasteiger charge is -2.35. The van der Waals surface area contributed by atoms with E-state index >= 15 is 0 Å². The SMILES string of the molecule is O=C(c1cccc(O)c1)N1CCN(C(=O)c2ccc(F)c(F)c2F)CC1. The van der Waals surface area contributed by atoms with Crippen LogP contribution in [0, 0.1) is 17.5 Å². The maximum atomic E-state index is 13.8. The molecule has 26 heavy (non-hydrogen) atoms. The van der Waals surface area contributed by atoms with Gasteiger partial charge in [0.2, 0.25) is 0 Å². The van der Waals surface area contributed by atoms with E-state index in [1.807, 2.05) is 0 Å². The molecule has 1 N–H and O–H groups in total. The van der Waals surface area contributed by atoms with E-state index in [1.54, 1.807) is 12.1 Å². The molecule has 2 aromatic carbocycles. The Morgan fingerprint density at radius 2 is 1.46 bits per heavy atom. The molecule has 2 aromatic rings. The molecule has 5 nitrogen and oxygen atoms in total. The van der Waals surface area contributed by atoms with Crippen LogP contribution in [-0.4, -0.2) is 52.9 Å². The lowest BCUT2D eigenvalue weighted by molar-refractivity contribution is 0.0532. The molecule has 8 heteroatoms. The maximum absolute atomic E-state index is 13.8. The fourth-order valence-corrected chi connectivity index (χ4v) is 2.80. The van der Waals surface area contributed by atoms with Crippen molar-refractivity contribution in [2.75, 3.05) is 26.2 Å². The van der Waals surface area contributed by atoms with Crippen molar-refractivity contribution in [1.29, 1.82) is 0 Å². The van der Waals surface area contributed by atoms with Gasteiger partial charge in [-0.3, -0.25) is 9.59 Å². The molecule has 136 valence electrons. The zero-order valence-electron chi connectivity index (χ0n) is 13.6. The Hall–Kier alpha value is -3.03. The Labute approximate surface area is 147 Å². The molecule has 0 atom stereocenters. The third kappa shape index (κ3) is 3.35. The van der Waals surface area contributed by atoms with E-state index in [1.165, 1.54) is 21.9 Å². The number of amides is 2. The van der Waals surface area contributed by atoms with Gasteiger partial charge in [-0.1, -0.05) is 6.07 Å². The van der Waals surface area contributed by atoms with Gasteiger partial charge in [-0.05, 0) is 30.3 Å². The first-order valence-corrected chi connectivity index (χ1v) is 7.89. The molecular formula is C18H15F3N2O3. The minimum Gasteiger partial charge on any atom is -0.508 e. The van der Waals surface area contributed by atoms with E-state index in [9.17, 15) is 27.9 Å². The van der Waals surface area contributed by atoms with E-state index in [-0.39, 0.29) is 37.8 Å². The molecular weight excluding hydrogens is 349 g/mol. The Bertz CT molecular complexity index is 865. The summed E-state index contributed by atoms with van der Waals surface area (Å²) in [5.41, 5.74) is -0.229. The zero-order valence-corrected chi connectivity index (χ0v) is 13.6. The molecule has 0 aromatic heterocycles. The third-order valence-corrected chi connectivity index (χ3v) is 4.21. The number of carbonyl (C=O) groups excluding carboxylic acids is 2. The van der Waals surface area contributed by atoms with Crippen LogP contribution in [0.25, 0.3) is 0 Å². The van der Waals surface area contributed by atoms with E-state index in [0.29, 0.717) is 11.6 Å². The molecule has 0 bridgehead atoms. The minimum atomic E-state index is -1.69. The molecule has 2 amide bonds. The number of phenols is 1. The topological polar surface area (TPSA) is 60.9 Å². The molecule has 1 fully saturated rings. The number of hydrogen-bond donors (Lipinski definition) is 1. The molecule has 0 unspecified atom stereocenters. The second-order valence-corrected chi connectivity index (χ2v) is 5.86. The maximum Gasteiger partial charge on any atom is 0.257 e. The summed E-state index contributed by atoms with van der Waals surface area (Å²) in [5, 5.41) is 9.45. The van der Waals surface area contributed by atoms with Gasteiger partial charge >= 0.3 is 0 Å². The van der Waals surface area contributed by atoms with Crippen LogP contribution in [0.1, 0.15) is 20.7 Å². The summed E-state index contributed by atoms with van der Waals surface area (Å²) < 4.78 is 40.1. The number of halogens is 3. The number of carbonyl (C=O) groups is 2. The first-order chi connectivity index (χ1) is 12.4. The van der Waals surface area contributed by atoms with Crippen LogP contribution in [-0.2, 0) is 0 Å². The highest BCUT2D eigenvalue weighted by Crippen LogP contribution is 2.19. The highest BCUT2D eigenvalue weighted by atomic mass is 19.2. The summed E-state index contributed by atoms with van der Waals surface area (Å²) in [6.45, 7) is 0.653. The molecule has 0 spiro atoms. The van der Waals surface area contributed by atoms with Crippen molar-refractivity contribution < 1.29 is 27.9 Å². The summed E-state index contributed by atoms with van der Waals surface area (Å²) in [5.74, 6) is -5.65. The standard InChI is InChI=1S/C18H15F3N2O3/c19-14-5-4-13(15(20)16(14)21)18(26)23-8-6-22(7-9-23)17(25)11-2-1-3-12(24)10-11/h1-5,10,24H,6-9H2. The van der Waals surface area contributed by atoms with Crippen molar-refractivity contribution in [3.8, 4) is 5.75 Å². The van der Waals surface area contributed by atoms with Gasteiger partial charge in [0.05, 0.1) is 5.56 Å². The van der Waals surface area contributed by atoms with Crippen LogP contribution in [0.5, 0.6) is 5.75 Å². The number of hydrogen-bond acceptors (Lipinski definition) is 3. The van der Waals surface area contributed by atoms with Gasteiger partial charge in [0.1, 0.15) is 5.75 Å². The highest BCUT2D eigenvalue weighted by Gasteiger charge is 2.28. The van der Waals surface area contributed by atoms with E-state index in [0.717, 1.165) is 6.07 Å². The van der Waals surface area contributed by atoms with E-state index < -0.39 is 28.9 Å². The van der Waals surface area contributed by atoms with E-state index in [4.69, 9.17) is 0 Å². The molecule has 0 saturated carbocycles. The van der Waals surface area contributed by atoms with Crippen LogP contribution in [0.15, 0.2) is 36.4 Å². The average molecular weight is 364 g/mol. The summed E-state index contributed by atoms with van der Waals surface area (Å²) in [7, 11) is 0. The quantitative estimate of drug-likeness (QED) is 0.833.